The molecule has 0 heterocycles. The Bertz CT molecular complexity index is 1240. The van der Waals surface area contributed by atoms with E-state index < -0.39 is 23.5 Å². The summed E-state index contributed by atoms with van der Waals surface area (Å²) in [6.07, 6.45) is 4.53. The van der Waals surface area contributed by atoms with E-state index in [0.717, 1.165) is 29.9 Å². The summed E-state index contributed by atoms with van der Waals surface area (Å²) in [5.74, 6) is 4.28. The highest BCUT2D eigenvalue weighted by Gasteiger charge is 2.33. The number of allylic oxidation sites excluding steroid dienone is 6. The highest BCUT2D eigenvalue weighted by Crippen LogP contribution is 2.34. The minimum absolute atomic E-state index is 0.0519. The first-order valence-corrected chi connectivity index (χ1v) is 11.6. The zero-order valence-electron chi connectivity index (χ0n) is 20.8. The Kier molecular flexibility index (Phi) is 11.0. The molecule has 2 aromatic carbocycles. The minimum atomic E-state index is -4.71. The van der Waals surface area contributed by atoms with Gasteiger partial charge in [-0.05, 0) is 86.7 Å². The summed E-state index contributed by atoms with van der Waals surface area (Å²) in [7, 11) is 0. The van der Waals surface area contributed by atoms with Gasteiger partial charge in [-0.15, -0.1) is 0 Å². The third-order valence-corrected chi connectivity index (χ3v) is 5.18. The molecular formula is C29H28F4O4. The summed E-state index contributed by atoms with van der Waals surface area (Å²) in [6, 6.07) is 6.95. The van der Waals surface area contributed by atoms with E-state index in [-0.39, 0.29) is 11.1 Å². The van der Waals surface area contributed by atoms with Gasteiger partial charge in [-0.25, -0.2) is 9.74 Å². The molecule has 1 N–H and O–H groups in total. The molecule has 0 amide bonds. The van der Waals surface area contributed by atoms with Gasteiger partial charge in [-0.1, -0.05) is 37.0 Å². The second kappa shape index (κ2) is 13.9. The van der Waals surface area contributed by atoms with Gasteiger partial charge < -0.3 is 9.84 Å². The number of benzene rings is 2. The van der Waals surface area contributed by atoms with Crippen LogP contribution in [0.25, 0.3) is 0 Å². The van der Waals surface area contributed by atoms with E-state index in [9.17, 15) is 27.6 Å². The average Bonchev–Trinajstić information content (AvgIpc) is 2.87. The number of halogens is 4. The predicted octanol–water partition coefficient (Wildman–Crippen LogP) is 7.62. The van der Waals surface area contributed by atoms with Crippen molar-refractivity contribution >= 4 is 5.97 Å². The van der Waals surface area contributed by atoms with Crippen LogP contribution in [0.2, 0.25) is 0 Å². The maximum atomic E-state index is 13.4. The van der Waals surface area contributed by atoms with Gasteiger partial charge >= 0.3 is 12.1 Å². The molecule has 8 heteroatoms. The number of carbonyl (C=O) groups excluding carboxylic acids is 1. The lowest BCUT2D eigenvalue weighted by atomic mass is 9.96. The van der Waals surface area contributed by atoms with Gasteiger partial charge in [0.2, 0.25) is 0 Å². The van der Waals surface area contributed by atoms with Crippen LogP contribution < -0.4 is 0 Å². The maximum absolute atomic E-state index is 13.4. The molecular weight excluding hydrogens is 488 g/mol. The van der Waals surface area contributed by atoms with E-state index in [2.05, 4.69) is 16.8 Å². The van der Waals surface area contributed by atoms with Crippen LogP contribution in [0.15, 0.2) is 72.0 Å². The van der Waals surface area contributed by atoms with Gasteiger partial charge in [-0.2, -0.15) is 13.2 Å². The first kappa shape index (κ1) is 29.2. The predicted molar refractivity (Wildman–Crippen MR) is 133 cm³/mol. The Morgan fingerprint density at radius 3 is 2.43 bits per heavy atom. The number of hydrogen-bond acceptors (Lipinski definition) is 4. The fourth-order valence-electron chi connectivity index (χ4n) is 3.36. The fourth-order valence-corrected chi connectivity index (χ4v) is 3.36. The van der Waals surface area contributed by atoms with Gasteiger partial charge in [0.15, 0.2) is 0 Å². The van der Waals surface area contributed by atoms with Crippen molar-refractivity contribution < 1.29 is 37.3 Å². The van der Waals surface area contributed by atoms with Gasteiger partial charge in [0.1, 0.15) is 5.75 Å². The first-order chi connectivity index (χ1) is 17.6. The number of aromatic hydroxyl groups is 1. The fraction of sp³-hybridized carbons (Fsp3) is 0.276. The van der Waals surface area contributed by atoms with Gasteiger partial charge in [0.25, 0.3) is 0 Å². The third kappa shape index (κ3) is 9.19. The Hall–Kier alpha value is -3.99. The molecule has 0 fully saturated rings. The van der Waals surface area contributed by atoms with Crippen molar-refractivity contribution in [2.24, 2.45) is 0 Å². The van der Waals surface area contributed by atoms with Crippen LogP contribution in [0.3, 0.4) is 0 Å². The van der Waals surface area contributed by atoms with Gasteiger partial charge in [-0.3, -0.25) is 0 Å². The number of phenolic OH excluding ortho intramolecular Hbond substituents is 1. The molecule has 196 valence electrons. The van der Waals surface area contributed by atoms with E-state index in [1.807, 2.05) is 45.1 Å². The molecule has 0 saturated heterocycles. The van der Waals surface area contributed by atoms with Crippen molar-refractivity contribution in [2.45, 2.75) is 46.2 Å². The number of ether oxygens (including phenoxy) is 1. The standard InChI is InChI=1S/C29H28F4O4/c1-4-6-21(8-7-20(3)36-17-5-2)9-10-24-18-25(28(35)37-33)14-12-22(24)11-13-23-15-16-26(34)19-27(23)29(30,31)32/h4,6-8,12,14-16,18-19,34H,5,9-10,17H2,1-3H3/b6-4-,20-7+,21-8+. The third-order valence-electron chi connectivity index (χ3n) is 5.18. The van der Waals surface area contributed by atoms with E-state index >= 15 is 0 Å². The van der Waals surface area contributed by atoms with Crippen LogP contribution in [0.4, 0.5) is 17.7 Å². The number of alkyl halides is 3. The molecule has 0 bridgehead atoms. The Morgan fingerprint density at radius 1 is 1.08 bits per heavy atom. The molecule has 0 aliphatic carbocycles. The second-order valence-corrected chi connectivity index (χ2v) is 8.08. The summed E-state index contributed by atoms with van der Waals surface area (Å²) < 4.78 is 58.3. The highest BCUT2D eigenvalue weighted by molar-refractivity contribution is 5.89. The van der Waals surface area contributed by atoms with Crippen LogP contribution in [-0.2, 0) is 22.3 Å². The zero-order valence-corrected chi connectivity index (χ0v) is 20.8. The van der Waals surface area contributed by atoms with Crippen molar-refractivity contribution in [2.75, 3.05) is 6.61 Å². The molecule has 0 aliphatic heterocycles. The molecule has 0 radical (unpaired) electrons. The largest absolute Gasteiger partial charge is 0.508 e. The van der Waals surface area contributed by atoms with Crippen molar-refractivity contribution in [1.29, 1.82) is 0 Å². The summed E-state index contributed by atoms with van der Waals surface area (Å²) >= 11 is 0. The van der Waals surface area contributed by atoms with Crippen LogP contribution >= 0.6 is 0 Å². The minimum Gasteiger partial charge on any atom is -0.508 e. The first-order valence-electron chi connectivity index (χ1n) is 11.6. The lowest BCUT2D eigenvalue weighted by Crippen LogP contribution is -2.07. The molecule has 0 atom stereocenters. The monoisotopic (exact) mass is 516 g/mol. The molecule has 0 aliphatic rings. The summed E-state index contributed by atoms with van der Waals surface area (Å²) in [4.78, 5) is 15.0. The summed E-state index contributed by atoms with van der Waals surface area (Å²) in [5, 5.41) is 9.48. The Balaban J connectivity index is 2.45. The molecule has 2 rings (SSSR count). The molecule has 0 aromatic heterocycles. The van der Waals surface area contributed by atoms with Crippen molar-refractivity contribution in [3.63, 3.8) is 0 Å². The Morgan fingerprint density at radius 2 is 1.78 bits per heavy atom. The lowest BCUT2D eigenvalue weighted by molar-refractivity contribution is -0.137. The molecule has 2 aromatic rings. The van der Waals surface area contributed by atoms with Crippen molar-refractivity contribution in [1.82, 2.24) is 0 Å². The topological polar surface area (TPSA) is 55.8 Å². The van der Waals surface area contributed by atoms with E-state index in [0.29, 0.717) is 36.6 Å². The van der Waals surface area contributed by atoms with Gasteiger partial charge in [0.05, 0.1) is 23.5 Å². The second-order valence-electron chi connectivity index (χ2n) is 8.08. The van der Waals surface area contributed by atoms with E-state index in [1.54, 1.807) is 0 Å². The maximum Gasteiger partial charge on any atom is 0.417 e. The highest BCUT2D eigenvalue weighted by atomic mass is 19.4. The summed E-state index contributed by atoms with van der Waals surface area (Å²) in [6.45, 7) is 6.32. The van der Waals surface area contributed by atoms with Crippen molar-refractivity contribution in [3.05, 3.63) is 99.9 Å². The van der Waals surface area contributed by atoms with E-state index in [1.165, 1.54) is 18.2 Å². The normalized spacial score (nSPS) is 12.3. The number of carbonyl (C=O) groups is 1. The Labute approximate surface area is 213 Å². The SMILES string of the molecule is C\C=C/C(=C\C=C(/C)OCCC)CCc1cc(C(=O)OF)ccc1C#Cc1ccc(O)cc1C(F)(F)F. The van der Waals surface area contributed by atoms with E-state index in [4.69, 9.17) is 4.74 Å². The van der Waals surface area contributed by atoms with Crippen LogP contribution in [0.5, 0.6) is 5.75 Å². The van der Waals surface area contributed by atoms with Crippen LogP contribution in [-0.4, -0.2) is 17.7 Å². The molecule has 37 heavy (non-hydrogen) atoms. The quantitative estimate of drug-likeness (QED) is 0.161. The molecule has 0 saturated carbocycles. The van der Waals surface area contributed by atoms with Crippen LogP contribution in [0, 0.1) is 11.8 Å². The molecule has 0 unspecified atom stereocenters. The smallest absolute Gasteiger partial charge is 0.417 e. The number of hydrogen-bond donors (Lipinski definition) is 1. The zero-order chi connectivity index (χ0) is 27.4. The lowest BCUT2D eigenvalue weighted by Gasteiger charge is -2.10. The number of phenols is 1. The number of rotatable bonds is 9. The summed E-state index contributed by atoms with van der Waals surface area (Å²) in [5.41, 5.74) is 0.396. The van der Waals surface area contributed by atoms with Crippen molar-refractivity contribution in [3.8, 4) is 17.6 Å². The average molecular weight is 517 g/mol. The number of aryl methyl sites for hydroxylation is 1. The molecule has 4 nitrogen and oxygen atoms in total. The van der Waals surface area contributed by atoms with Gasteiger partial charge in [0, 0.05) is 15.7 Å². The van der Waals surface area contributed by atoms with Crippen LogP contribution in [0.1, 0.15) is 66.2 Å². The molecule has 0 spiro atoms.